The fourth-order valence-corrected chi connectivity index (χ4v) is 2.68. The number of aromatic nitrogens is 2. The first kappa shape index (κ1) is 14.2. The van der Waals surface area contributed by atoms with Crippen molar-refractivity contribution in [2.24, 2.45) is 0 Å². The summed E-state index contributed by atoms with van der Waals surface area (Å²) in [5.41, 5.74) is 2.48. The van der Waals surface area contributed by atoms with Crippen LogP contribution in [-0.2, 0) is 18.5 Å². The van der Waals surface area contributed by atoms with Crippen molar-refractivity contribution in [2.75, 3.05) is 0 Å². The molecule has 0 aromatic carbocycles. The zero-order chi connectivity index (χ0) is 13.9. The van der Waals surface area contributed by atoms with Gasteiger partial charge in [-0.2, -0.15) is 0 Å². The fourth-order valence-electron chi connectivity index (χ4n) is 1.74. The van der Waals surface area contributed by atoms with Crippen LogP contribution in [-0.4, -0.2) is 9.97 Å². The second-order valence-corrected chi connectivity index (χ2v) is 6.87. The molecule has 0 unspecified atom stereocenters. The highest BCUT2D eigenvalue weighted by atomic mass is 32.1. The number of thiazole rings is 1. The lowest BCUT2D eigenvalue weighted by molar-refractivity contribution is 0.585. The monoisotopic (exact) mass is 275 g/mol. The van der Waals surface area contributed by atoms with Crippen LogP contribution in [0.3, 0.4) is 0 Å². The van der Waals surface area contributed by atoms with Gasteiger partial charge in [-0.15, -0.1) is 11.3 Å². The topological polar surface area (TPSA) is 37.8 Å². The Labute approximate surface area is 119 Å². The summed E-state index contributed by atoms with van der Waals surface area (Å²) in [6.45, 7) is 10.3. The lowest BCUT2D eigenvalue weighted by Gasteiger charge is -2.13. The molecule has 19 heavy (non-hydrogen) atoms. The third-order valence-electron chi connectivity index (χ3n) is 2.90. The molecule has 0 fully saturated rings. The van der Waals surface area contributed by atoms with Crippen molar-refractivity contribution in [3.63, 3.8) is 0 Å². The average molecular weight is 275 g/mol. The van der Waals surface area contributed by atoms with Gasteiger partial charge in [-0.1, -0.05) is 26.8 Å². The molecule has 0 aliphatic heterocycles. The van der Waals surface area contributed by atoms with E-state index in [4.69, 9.17) is 0 Å². The number of aryl methyl sites for hydroxylation is 1. The molecule has 2 aromatic rings. The van der Waals surface area contributed by atoms with E-state index in [1.54, 1.807) is 11.3 Å². The van der Waals surface area contributed by atoms with Crippen LogP contribution in [0.15, 0.2) is 24.5 Å². The zero-order valence-electron chi connectivity index (χ0n) is 12.0. The van der Waals surface area contributed by atoms with Crippen molar-refractivity contribution in [3.8, 4) is 0 Å². The maximum absolute atomic E-state index is 4.49. The molecule has 1 N–H and O–H groups in total. The molecule has 0 spiro atoms. The van der Waals surface area contributed by atoms with Crippen LogP contribution in [0.2, 0.25) is 0 Å². The standard InChI is InChI=1S/C15H21N3S/c1-11-6-5-7-17-13(11)10-16-8-12-9-18-14(19-12)15(2,3)4/h5-7,9,16H,8,10H2,1-4H3. The minimum absolute atomic E-state index is 0.139. The molecule has 0 bridgehead atoms. The van der Waals surface area contributed by atoms with E-state index < -0.39 is 0 Å². The number of pyridine rings is 1. The van der Waals surface area contributed by atoms with Gasteiger partial charge in [-0.3, -0.25) is 4.98 Å². The summed E-state index contributed by atoms with van der Waals surface area (Å²) >= 11 is 1.79. The van der Waals surface area contributed by atoms with Gasteiger partial charge in [0.2, 0.25) is 0 Å². The predicted octanol–water partition coefficient (Wildman–Crippen LogP) is 3.43. The predicted molar refractivity (Wildman–Crippen MR) is 80.3 cm³/mol. The summed E-state index contributed by atoms with van der Waals surface area (Å²) in [5, 5.41) is 4.62. The Morgan fingerprint density at radius 3 is 2.63 bits per heavy atom. The van der Waals surface area contributed by atoms with E-state index in [9.17, 15) is 0 Å². The van der Waals surface area contributed by atoms with E-state index in [1.807, 2.05) is 18.5 Å². The van der Waals surface area contributed by atoms with Crippen molar-refractivity contribution in [1.82, 2.24) is 15.3 Å². The Kier molecular flexibility index (Phi) is 4.32. The largest absolute Gasteiger partial charge is 0.306 e. The number of hydrogen-bond acceptors (Lipinski definition) is 4. The molecule has 0 atom stereocenters. The Hall–Kier alpha value is -1.26. The molecule has 0 amide bonds. The van der Waals surface area contributed by atoms with E-state index in [0.717, 1.165) is 18.8 Å². The van der Waals surface area contributed by atoms with Crippen molar-refractivity contribution in [3.05, 3.63) is 45.7 Å². The van der Waals surface area contributed by atoms with Gasteiger partial charge in [0.15, 0.2) is 0 Å². The molecular weight excluding hydrogens is 254 g/mol. The first-order valence-electron chi connectivity index (χ1n) is 6.53. The SMILES string of the molecule is Cc1cccnc1CNCc1cnc(C(C)(C)C)s1. The van der Waals surface area contributed by atoms with Gasteiger partial charge in [0.05, 0.1) is 10.7 Å². The Morgan fingerprint density at radius 2 is 2.00 bits per heavy atom. The second kappa shape index (κ2) is 5.80. The molecular formula is C15H21N3S. The van der Waals surface area contributed by atoms with Gasteiger partial charge < -0.3 is 5.32 Å². The molecule has 0 aliphatic rings. The summed E-state index contributed by atoms with van der Waals surface area (Å²) in [7, 11) is 0. The second-order valence-electron chi connectivity index (χ2n) is 5.75. The van der Waals surface area contributed by atoms with Gasteiger partial charge in [-0.25, -0.2) is 4.98 Å². The number of hydrogen-bond donors (Lipinski definition) is 1. The van der Waals surface area contributed by atoms with Crippen molar-refractivity contribution in [1.29, 1.82) is 0 Å². The molecule has 2 rings (SSSR count). The highest BCUT2D eigenvalue weighted by molar-refractivity contribution is 7.11. The fraction of sp³-hybridized carbons (Fsp3) is 0.467. The van der Waals surface area contributed by atoms with E-state index in [2.05, 4.69) is 49.0 Å². The van der Waals surface area contributed by atoms with Gasteiger partial charge >= 0.3 is 0 Å². The maximum atomic E-state index is 4.49. The summed E-state index contributed by atoms with van der Waals surface area (Å²) in [5.74, 6) is 0. The van der Waals surface area contributed by atoms with Crippen LogP contribution in [0.5, 0.6) is 0 Å². The molecule has 0 radical (unpaired) electrons. The van der Waals surface area contributed by atoms with E-state index in [1.165, 1.54) is 15.4 Å². The Bertz CT molecular complexity index is 540. The Morgan fingerprint density at radius 1 is 1.21 bits per heavy atom. The van der Waals surface area contributed by atoms with Crippen LogP contribution in [0.4, 0.5) is 0 Å². The number of nitrogens with one attached hydrogen (secondary N) is 1. The minimum Gasteiger partial charge on any atom is -0.306 e. The van der Waals surface area contributed by atoms with Crippen LogP contribution in [0, 0.1) is 6.92 Å². The summed E-state index contributed by atoms with van der Waals surface area (Å²) in [6, 6.07) is 4.06. The number of nitrogens with zero attached hydrogens (tertiary/aromatic N) is 2. The zero-order valence-corrected chi connectivity index (χ0v) is 12.8. The smallest absolute Gasteiger partial charge is 0.0981 e. The van der Waals surface area contributed by atoms with Gasteiger partial charge in [-0.05, 0) is 18.6 Å². The van der Waals surface area contributed by atoms with Crippen LogP contribution < -0.4 is 5.32 Å². The van der Waals surface area contributed by atoms with Crippen molar-refractivity contribution < 1.29 is 0 Å². The summed E-state index contributed by atoms with van der Waals surface area (Å²) in [6.07, 6.45) is 3.82. The molecule has 2 heterocycles. The first-order valence-corrected chi connectivity index (χ1v) is 7.35. The van der Waals surface area contributed by atoms with Gasteiger partial charge in [0.1, 0.15) is 0 Å². The minimum atomic E-state index is 0.139. The Balaban J connectivity index is 1.90. The summed E-state index contributed by atoms with van der Waals surface area (Å²) < 4.78 is 0. The van der Waals surface area contributed by atoms with Gasteiger partial charge in [0.25, 0.3) is 0 Å². The third-order valence-corrected chi connectivity index (χ3v) is 4.33. The molecule has 0 saturated heterocycles. The maximum Gasteiger partial charge on any atom is 0.0981 e. The normalized spacial score (nSPS) is 11.8. The van der Waals surface area contributed by atoms with Crippen LogP contribution >= 0.6 is 11.3 Å². The van der Waals surface area contributed by atoms with E-state index in [-0.39, 0.29) is 5.41 Å². The van der Waals surface area contributed by atoms with E-state index in [0.29, 0.717) is 0 Å². The summed E-state index contributed by atoms with van der Waals surface area (Å²) in [4.78, 5) is 10.1. The third kappa shape index (κ3) is 3.85. The molecule has 0 saturated carbocycles. The van der Waals surface area contributed by atoms with Crippen LogP contribution in [0.1, 0.15) is 41.9 Å². The molecule has 2 aromatic heterocycles. The number of rotatable bonds is 4. The lowest BCUT2D eigenvalue weighted by atomic mass is 9.98. The lowest BCUT2D eigenvalue weighted by Crippen LogP contribution is -2.13. The quantitative estimate of drug-likeness (QED) is 0.929. The molecule has 102 valence electrons. The highest BCUT2D eigenvalue weighted by Gasteiger charge is 2.17. The highest BCUT2D eigenvalue weighted by Crippen LogP contribution is 2.26. The molecule has 4 heteroatoms. The van der Waals surface area contributed by atoms with Crippen molar-refractivity contribution >= 4 is 11.3 Å². The van der Waals surface area contributed by atoms with Crippen molar-refractivity contribution in [2.45, 2.75) is 46.2 Å². The van der Waals surface area contributed by atoms with E-state index >= 15 is 0 Å². The van der Waals surface area contributed by atoms with Crippen LogP contribution in [0.25, 0.3) is 0 Å². The average Bonchev–Trinajstić information content (AvgIpc) is 2.80. The van der Waals surface area contributed by atoms with Gasteiger partial charge in [0, 0.05) is 35.8 Å². The molecule has 0 aliphatic carbocycles. The molecule has 3 nitrogen and oxygen atoms in total. The first-order chi connectivity index (χ1) is 8.97.